The molecule has 0 bridgehead atoms. The predicted molar refractivity (Wildman–Crippen MR) is 171 cm³/mol. The molecular formula is C34H35F2N5O6S. The van der Waals surface area contributed by atoms with Gasteiger partial charge in [-0.15, -0.1) is 0 Å². The van der Waals surface area contributed by atoms with Crippen LogP contribution >= 0.6 is 0 Å². The quantitative estimate of drug-likeness (QED) is 0.364. The topological polar surface area (TPSA) is 123 Å². The zero-order valence-electron chi connectivity index (χ0n) is 26.6. The number of likely N-dealkylation sites (N-methyl/N-ethyl adjacent to an activating group) is 1. The van der Waals surface area contributed by atoms with Crippen LogP contribution in [0.25, 0.3) is 0 Å². The molecular weight excluding hydrogens is 644 g/mol. The fourth-order valence-corrected chi connectivity index (χ4v) is 8.21. The van der Waals surface area contributed by atoms with Crippen LogP contribution in [0.5, 0.6) is 5.75 Å². The molecule has 0 spiro atoms. The molecule has 3 aliphatic heterocycles. The first-order valence-corrected chi connectivity index (χ1v) is 17.2. The van der Waals surface area contributed by atoms with Crippen molar-refractivity contribution in [3.63, 3.8) is 0 Å². The number of ether oxygens (including phenoxy) is 2. The highest BCUT2D eigenvalue weighted by Gasteiger charge is 2.61. The van der Waals surface area contributed by atoms with Crippen molar-refractivity contribution in [2.24, 2.45) is 0 Å². The van der Waals surface area contributed by atoms with Gasteiger partial charge in [0.05, 0.1) is 29.5 Å². The van der Waals surface area contributed by atoms with Crippen LogP contribution in [0.1, 0.15) is 36.5 Å². The monoisotopic (exact) mass is 679 g/mol. The minimum absolute atomic E-state index is 0.0196. The van der Waals surface area contributed by atoms with Crippen molar-refractivity contribution >= 4 is 27.7 Å². The third-order valence-corrected chi connectivity index (χ3v) is 10.9. The number of halogens is 2. The molecule has 14 heteroatoms. The number of piperazine rings is 1. The first-order chi connectivity index (χ1) is 23.0. The molecule has 3 aromatic rings. The Kier molecular flexibility index (Phi) is 9.12. The number of hydrogen-bond donors (Lipinski definition) is 0. The molecule has 3 heterocycles. The second-order valence-electron chi connectivity index (χ2n) is 12.0. The van der Waals surface area contributed by atoms with E-state index in [1.807, 2.05) is 6.07 Å². The van der Waals surface area contributed by atoms with Gasteiger partial charge in [-0.1, -0.05) is 18.2 Å². The number of benzene rings is 3. The zero-order chi connectivity index (χ0) is 34.2. The molecule has 2 amide bonds. The van der Waals surface area contributed by atoms with Gasteiger partial charge in [0.25, 0.3) is 15.9 Å². The highest BCUT2D eigenvalue weighted by molar-refractivity contribution is 7.93. The van der Waals surface area contributed by atoms with Crippen LogP contribution in [0.3, 0.4) is 0 Å². The fraction of sp³-hybridized carbons (Fsp3) is 0.382. The van der Waals surface area contributed by atoms with Gasteiger partial charge in [0.1, 0.15) is 22.3 Å². The second-order valence-corrected chi connectivity index (χ2v) is 13.8. The second kappa shape index (κ2) is 13.1. The highest BCUT2D eigenvalue weighted by Crippen LogP contribution is 2.52. The lowest BCUT2D eigenvalue weighted by Gasteiger charge is -2.42. The number of nitriles is 1. The molecule has 3 aromatic carbocycles. The molecule has 2 fully saturated rings. The molecule has 0 N–H and O–H groups in total. The van der Waals surface area contributed by atoms with Crippen LogP contribution in [0.2, 0.25) is 0 Å². The van der Waals surface area contributed by atoms with Gasteiger partial charge in [0, 0.05) is 56.9 Å². The van der Waals surface area contributed by atoms with Crippen molar-refractivity contribution in [1.82, 2.24) is 14.7 Å². The molecule has 0 radical (unpaired) electrons. The first-order valence-electron chi connectivity index (χ1n) is 15.7. The minimum atomic E-state index is -5.05. The van der Waals surface area contributed by atoms with Crippen molar-refractivity contribution in [2.75, 3.05) is 57.2 Å². The zero-order valence-corrected chi connectivity index (χ0v) is 27.4. The molecule has 0 aromatic heterocycles. The maximum Gasteiger partial charge on any atom is 0.411 e. The summed E-state index contributed by atoms with van der Waals surface area (Å²) in [6.45, 7) is 6.30. The van der Waals surface area contributed by atoms with E-state index in [1.54, 1.807) is 25.1 Å². The summed E-state index contributed by atoms with van der Waals surface area (Å²) >= 11 is 0. The van der Waals surface area contributed by atoms with E-state index in [-0.39, 0.29) is 40.8 Å². The number of likely N-dealkylation sites (tertiary alicyclic amines) is 1. The SMILES string of the molecule is CCOc1ccccc1C1(OC(=O)N2CCC(N3CCN(C)CC3)CC2)C(=O)N(S(=O)(=O)c2ccc(F)cc2F)c2ccc(C#N)cc21. The van der Waals surface area contributed by atoms with Gasteiger partial charge in [-0.3, -0.25) is 9.69 Å². The molecule has 1 atom stereocenters. The van der Waals surface area contributed by atoms with Gasteiger partial charge >= 0.3 is 6.09 Å². The number of carbonyl (C=O) groups is 2. The number of nitrogens with zero attached hydrogens (tertiary/aromatic N) is 5. The van der Waals surface area contributed by atoms with E-state index in [2.05, 4.69) is 16.8 Å². The Labute approximate surface area is 277 Å². The molecule has 1 unspecified atom stereocenters. The van der Waals surface area contributed by atoms with Crippen molar-refractivity contribution in [2.45, 2.75) is 36.3 Å². The number of sulfonamides is 1. The number of rotatable bonds is 7. The summed E-state index contributed by atoms with van der Waals surface area (Å²) in [5.41, 5.74) is -2.76. The van der Waals surface area contributed by atoms with Crippen LogP contribution in [0.4, 0.5) is 19.3 Å². The van der Waals surface area contributed by atoms with Crippen LogP contribution < -0.4 is 9.04 Å². The van der Waals surface area contributed by atoms with Gasteiger partial charge in [-0.2, -0.15) is 9.57 Å². The summed E-state index contributed by atoms with van der Waals surface area (Å²) < 4.78 is 69.5. The third kappa shape index (κ3) is 5.76. The van der Waals surface area contributed by atoms with Gasteiger partial charge in [0.2, 0.25) is 5.60 Å². The van der Waals surface area contributed by atoms with E-state index >= 15 is 4.39 Å². The Balaban J connectivity index is 1.44. The lowest BCUT2D eigenvalue weighted by molar-refractivity contribution is -0.132. The highest BCUT2D eigenvalue weighted by atomic mass is 32.2. The van der Waals surface area contributed by atoms with E-state index in [0.717, 1.165) is 38.3 Å². The summed E-state index contributed by atoms with van der Waals surface area (Å²) in [7, 11) is -2.97. The Bertz CT molecular complexity index is 1890. The number of piperidine rings is 1. The average Bonchev–Trinajstić information content (AvgIpc) is 3.32. The number of hydrogen-bond acceptors (Lipinski definition) is 9. The average molecular weight is 680 g/mol. The maximum atomic E-state index is 15.0. The van der Waals surface area contributed by atoms with Gasteiger partial charge in [-0.25, -0.2) is 22.0 Å². The number of anilines is 1. The first kappa shape index (κ1) is 33.3. The Hall–Kier alpha value is -4.58. The number of fused-ring (bicyclic) bond motifs is 1. The lowest BCUT2D eigenvalue weighted by Crippen LogP contribution is -2.54. The maximum absolute atomic E-state index is 15.0. The Morgan fingerprint density at radius 3 is 2.35 bits per heavy atom. The normalized spacial score (nSPS) is 20.8. The molecule has 0 saturated carbocycles. The van der Waals surface area contributed by atoms with E-state index < -0.39 is 44.2 Å². The molecule has 2 saturated heterocycles. The van der Waals surface area contributed by atoms with E-state index in [4.69, 9.17) is 9.47 Å². The van der Waals surface area contributed by atoms with Crippen LogP contribution in [-0.2, 0) is 25.2 Å². The number of para-hydroxylation sites is 1. The van der Waals surface area contributed by atoms with Crippen LogP contribution in [-0.4, -0.2) is 94.1 Å². The molecule has 11 nitrogen and oxygen atoms in total. The lowest BCUT2D eigenvalue weighted by atomic mass is 9.85. The fourth-order valence-electron chi connectivity index (χ4n) is 6.70. The summed E-state index contributed by atoms with van der Waals surface area (Å²) in [5, 5.41) is 9.81. The van der Waals surface area contributed by atoms with Crippen LogP contribution in [0, 0.1) is 23.0 Å². The van der Waals surface area contributed by atoms with Gasteiger partial charge < -0.3 is 19.3 Å². The van der Waals surface area contributed by atoms with E-state index in [1.165, 1.54) is 29.2 Å². The Morgan fingerprint density at radius 1 is 0.979 bits per heavy atom. The summed E-state index contributed by atoms with van der Waals surface area (Å²) in [5.74, 6) is -3.53. The van der Waals surface area contributed by atoms with Crippen molar-refractivity contribution in [1.29, 1.82) is 5.26 Å². The molecule has 6 rings (SSSR count). The van der Waals surface area contributed by atoms with Crippen LogP contribution in [0.15, 0.2) is 65.6 Å². The number of carbonyl (C=O) groups excluding carboxylic acids is 2. The van der Waals surface area contributed by atoms with Crippen molar-refractivity contribution in [3.8, 4) is 11.8 Å². The predicted octanol–water partition coefficient (Wildman–Crippen LogP) is 4.06. The molecule has 3 aliphatic rings. The van der Waals surface area contributed by atoms with Crippen molar-refractivity contribution < 1.29 is 36.3 Å². The summed E-state index contributed by atoms with van der Waals surface area (Å²) in [6.07, 6.45) is 0.482. The standard InChI is InChI=1S/C34H35F2N5O6S/c1-3-46-30-7-5-4-6-26(30)34(47-33(43)40-14-12-25(13-15-40)39-18-16-38(2)17-19-39)27-20-23(22-37)8-10-29(27)41(32(34)42)48(44,45)31-11-9-24(35)21-28(31)36/h4-11,20-21,25H,3,12-19H2,1-2H3. The van der Waals surface area contributed by atoms with Gasteiger partial charge in [0.15, 0.2) is 0 Å². The molecule has 0 aliphatic carbocycles. The Morgan fingerprint density at radius 2 is 1.69 bits per heavy atom. The third-order valence-electron chi connectivity index (χ3n) is 9.21. The smallest absolute Gasteiger partial charge is 0.411 e. The number of amides is 2. The van der Waals surface area contributed by atoms with Gasteiger partial charge in [-0.05, 0) is 63.2 Å². The van der Waals surface area contributed by atoms with E-state index in [9.17, 15) is 27.7 Å². The molecule has 48 heavy (non-hydrogen) atoms. The summed E-state index contributed by atoms with van der Waals surface area (Å²) in [6, 6.07) is 14.2. The van der Waals surface area contributed by atoms with Crippen molar-refractivity contribution in [3.05, 3.63) is 89.0 Å². The minimum Gasteiger partial charge on any atom is -0.493 e. The molecule has 252 valence electrons. The largest absolute Gasteiger partial charge is 0.493 e. The summed E-state index contributed by atoms with van der Waals surface area (Å²) in [4.78, 5) is 34.2. The van der Waals surface area contributed by atoms with E-state index in [0.29, 0.717) is 36.3 Å².